The van der Waals surface area contributed by atoms with E-state index in [0.29, 0.717) is 24.4 Å². The van der Waals surface area contributed by atoms with Crippen LogP contribution in [0.2, 0.25) is 0 Å². The van der Waals surface area contributed by atoms with Crippen LogP contribution in [0.3, 0.4) is 0 Å². The minimum atomic E-state index is -0.969. The van der Waals surface area contributed by atoms with Gasteiger partial charge in [0.15, 0.2) is 0 Å². The SMILES string of the molecule is CC(C)(C)c1cc(N(C(=O)[C@H]2CC[C@H](C)CC2)[C@H]2C[C@@H](Oc3cccnc3)C2)c(C(=O)O)s1. The van der Waals surface area contributed by atoms with Crippen molar-refractivity contribution in [3.8, 4) is 5.75 Å². The molecule has 33 heavy (non-hydrogen) atoms. The van der Waals surface area contributed by atoms with Gasteiger partial charge in [-0.15, -0.1) is 11.3 Å². The second kappa shape index (κ2) is 9.45. The first-order valence-electron chi connectivity index (χ1n) is 11.9. The number of pyridine rings is 1. The average Bonchev–Trinajstić information content (AvgIpc) is 3.19. The van der Waals surface area contributed by atoms with Gasteiger partial charge in [-0.1, -0.05) is 27.7 Å². The number of aromatic nitrogens is 1. The average molecular weight is 471 g/mol. The molecule has 0 radical (unpaired) electrons. The molecule has 2 saturated carbocycles. The Morgan fingerprint density at radius 3 is 2.45 bits per heavy atom. The summed E-state index contributed by atoms with van der Waals surface area (Å²) in [5.41, 5.74) is 0.374. The number of rotatable bonds is 6. The fourth-order valence-corrected chi connectivity index (χ4v) is 5.78. The van der Waals surface area contributed by atoms with Crippen LogP contribution in [0.1, 0.15) is 80.8 Å². The first-order chi connectivity index (χ1) is 15.6. The van der Waals surface area contributed by atoms with E-state index in [1.807, 2.05) is 23.1 Å². The number of carboxylic acids is 1. The Morgan fingerprint density at radius 2 is 1.88 bits per heavy atom. The summed E-state index contributed by atoms with van der Waals surface area (Å²) < 4.78 is 6.03. The van der Waals surface area contributed by atoms with Crippen LogP contribution in [0.15, 0.2) is 30.6 Å². The lowest BCUT2D eigenvalue weighted by Crippen LogP contribution is -2.54. The zero-order valence-corrected chi connectivity index (χ0v) is 20.7. The summed E-state index contributed by atoms with van der Waals surface area (Å²) in [6.07, 6.45) is 8.60. The van der Waals surface area contributed by atoms with Gasteiger partial charge in [-0.2, -0.15) is 0 Å². The molecule has 1 amide bonds. The molecule has 0 saturated heterocycles. The zero-order valence-electron chi connectivity index (χ0n) is 19.9. The van der Waals surface area contributed by atoms with Crippen LogP contribution in [-0.2, 0) is 10.2 Å². The van der Waals surface area contributed by atoms with Crippen LogP contribution in [0, 0.1) is 11.8 Å². The number of carbonyl (C=O) groups excluding carboxylic acids is 1. The van der Waals surface area contributed by atoms with E-state index in [4.69, 9.17) is 4.74 Å². The summed E-state index contributed by atoms with van der Waals surface area (Å²) in [5.74, 6) is 0.429. The van der Waals surface area contributed by atoms with Crippen LogP contribution in [0.25, 0.3) is 0 Å². The van der Waals surface area contributed by atoms with E-state index >= 15 is 0 Å². The topological polar surface area (TPSA) is 79.7 Å². The van der Waals surface area contributed by atoms with Gasteiger partial charge in [0.2, 0.25) is 5.91 Å². The Kier molecular flexibility index (Phi) is 6.80. The van der Waals surface area contributed by atoms with E-state index in [9.17, 15) is 14.7 Å². The first kappa shape index (κ1) is 23.7. The fourth-order valence-electron chi connectivity index (χ4n) is 4.74. The maximum atomic E-state index is 13.8. The van der Waals surface area contributed by atoms with Gasteiger partial charge in [0, 0.05) is 35.9 Å². The number of carbonyl (C=O) groups is 2. The largest absolute Gasteiger partial charge is 0.489 e. The lowest BCUT2D eigenvalue weighted by Gasteiger charge is -2.44. The summed E-state index contributed by atoms with van der Waals surface area (Å²) in [4.78, 5) is 33.2. The van der Waals surface area contributed by atoms with Crippen molar-refractivity contribution in [2.75, 3.05) is 4.90 Å². The maximum Gasteiger partial charge on any atom is 0.348 e. The molecule has 2 heterocycles. The minimum absolute atomic E-state index is 0.00474. The molecule has 7 heteroatoms. The number of aromatic carboxylic acids is 1. The lowest BCUT2D eigenvalue weighted by atomic mass is 9.80. The molecule has 2 aliphatic carbocycles. The molecule has 178 valence electrons. The van der Waals surface area contributed by atoms with Crippen molar-refractivity contribution in [2.45, 2.75) is 83.8 Å². The Bertz CT molecular complexity index is 983. The predicted octanol–water partition coefficient (Wildman–Crippen LogP) is 5.91. The van der Waals surface area contributed by atoms with E-state index in [1.54, 1.807) is 12.4 Å². The van der Waals surface area contributed by atoms with Gasteiger partial charge in [0.25, 0.3) is 0 Å². The molecule has 0 spiro atoms. The molecule has 0 aromatic carbocycles. The van der Waals surface area contributed by atoms with E-state index in [-0.39, 0.29) is 34.3 Å². The van der Waals surface area contributed by atoms with Crippen molar-refractivity contribution < 1.29 is 19.4 Å². The Hall–Kier alpha value is -2.41. The second-order valence-corrected chi connectivity index (χ2v) is 11.7. The molecule has 2 aliphatic rings. The third-order valence-corrected chi connectivity index (χ3v) is 8.42. The van der Waals surface area contributed by atoms with Gasteiger partial charge in [-0.05, 0) is 55.2 Å². The molecule has 0 unspecified atom stereocenters. The van der Waals surface area contributed by atoms with Crippen molar-refractivity contribution in [2.24, 2.45) is 11.8 Å². The molecule has 2 fully saturated rings. The maximum absolute atomic E-state index is 13.8. The van der Waals surface area contributed by atoms with Crippen molar-refractivity contribution in [1.29, 1.82) is 0 Å². The van der Waals surface area contributed by atoms with E-state index < -0.39 is 5.97 Å². The summed E-state index contributed by atoms with van der Waals surface area (Å²) >= 11 is 1.29. The molecule has 2 aromatic heterocycles. The first-order valence-corrected chi connectivity index (χ1v) is 12.7. The molecular weight excluding hydrogens is 436 g/mol. The Morgan fingerprint density at radius 1 is 1.18 bits per heavy atom. The number of hydrogen-bond acceptors (Lipinski definition) is 5. The highest BCUT2D eigenvalue weighted by Crippen LogP contribution is 2.43. The van der Waals surface area contributed by atoms with Gasteiger partial charge in [-0.25, -0.2) is 4.79 Å². The van der Waals surface area contributed by atoms with E-state index in [0.717, 1.165) is 36.3 Å². The number of thiophene rings is 1. The number of nitrogens with zero attached hydrogens (tertiary/aromatic N) is 2. The van der Waals surface area contributed by atoms with Crippen molar-refractivity contribution in [1.82, 2.24) is 4.98 Å². The van der Waals surface area contributed by atoms with Crippen LogP contribution in [0.5, 0.6) is 5.75 Å². The quantitative estimate of drug-likeness (QED) is 0.568. The smallest absolute Gasteiger partial charge is 0.348 e. The number of anilines is 1. The molecule has 1 N–H and O–H groups in total. The van der Waals surface area contributed by atoms with Crippen molar-refractivity contribution in [3.63, 3.8) is 0 Å². The van der Waals surface area contributed by atoms with Gasteiger partial charge in [0.1, 0.15) is 16.7 Å². The fraction of sp³-hybridized carbons (Fsp3) is 0.577. The zero-order chi connectivity index (χ0) is 23.8. The predicted molar refractivity (Wildman–Crippen MR) is 130 cm³/mol. The molecule has 0 aliphatic heterocycles. The highest BCUT2D eigenvalue weighted by molar-refractivity contribution is 7.14. The Balaban J connectivity index is 1.61. The molecule has 0 bridgehead atoms. The standard InChI is InChI=1S/C26H34N2O4S/c1-16-7-9-17(10-8-16)24(29)28(18-12-20(13-18)32-19-6-5-11-27-15-19)21-14-22(26(2,3)4)33-23(21)25(30)31/h5-6,11,14-18,20H,7-10,12-13H2,1-4H3,(H,30,31)/t16-,17-,18-,20+. The monoisotopic (exact) mass is 470 g/mol. The van der Waals surface area contributed by atoms with Crippen LogP contribution in [-0.4, -0.2) is 34.1 Å². The molecule has 4 rings (SSSR count). The third kappa shape index (κ3) is 5.24. The number of carboxylic acid groups (broad SMARTS) is 1. The molecule has 6 nitrogen and oxygen atoms in total. The van der Waals surface area contributed by atoms with Crippen molar-refractivity contribution in [3.05, 3.63) is 40.3 Å². The normalized spacial score (nSPS) is 25.2. The lowest BCUT2D eigenvalue weighted by molar-refractivity contribution is -0.124. The Labute approximate surface area is 200 Å². The molecular formula is C26H34N2O4S. The summed E-state index contributed by atoms with van der Waals surface area (Å²) in [6, 6.07) is 5.60. The van der Waals surface area contributed by atoms with Crippen LogP contribution in [0.4, 0.5) is 5.69 Å². The summed E-state index contributed by atoms with van der Waals surface area (Å²) in [6.45, 7) is 8.46. The minimum Gasteiger partial charge on any atom is -0.489 e. The number of amides is 1. The molecule has 0 atom stereocenters. The molecule has 2 aromatic rings. The van der Waals surface area contributed by atoms with Gasteiger partial charge >= 0.3 is 5.97 Å². The van der Waals surface area contributed by atoms with Crippen LogP contribution < -0.4 is 9.64 Å². The van der Waals surface area contributed by atoms with E-state index in [2.05, 4.69) is 32.7 Å². The summed E-state index contributed by atoms with van der Waals surface area (Å²) in [7, 11) is 0. The van der Waals surface area contributed by atoms with Gasteiger partial charge in [-0.3, -0.25) is 9.78 Å². The van der Waals surface area contributed by atoms with Gasteiger partial charge < -0.3 is 14.7 Å². The number of hydrogen-bond donors (Lipinski definition) is 1. The second-order valence-electron chi connectivity index (χ2n) is 10.6. The van der Waals surface area contributed by atoms with Crippen LogP contribution >= 0.6 is 11.3 Å². The van der Waals surface area contributed by atoms with Crippen molar-refractivity contribution >= 4 is 28.9 Å². The highest BCUT2D eigenvalue weighted by atomic mass is 32.1. The van der Waals surface area contributed by atoms with E-state index in [1.165, 1.54) is 11.3 Å². The summed E-state index contributed by atoms with van der Waals surface area (Å²) in [5, 5.41) is 9.98. The van der Waals surface area contributed by atoms with Gasteiger partial charge in [0.05, 0.1) is 11.9 Å². The third-order valence-electron chi connectivity index (χ3n) is 6.88. The highest BCUT2D eigenvalue weighted by Gasteiger charge is 2.43. The number of ether oxygens (including phenoxy) is 1.